The van der Waals surface area contributed by atoms with E-state index in [0.717, 1.165) is 38.8 Å². The summed E-state index contributed by atoms with van der Waals surface area (Å²) in [7, 11) is 0. The van der Waals surface area contributed by atoms with Crippen molar-refractivity contribution in [2.75, 3.05) is 13.1 Å². The summed E-state index contributed by atoms with van der Waals surface area (Å²) in [5.41, 5.74) is 0.514. The van der Waals surface area contributed by atoms with Crippen molar-refractivity contribution in [1.82, 2.24) is 10.2 Å². The van der Waals surface area contributed by atoms with Gasteiger partial charge in [-0.3, -0.25) is 9.69 Å². The fraction of sp³-hybridized carbons (Fsp3) is 0.588. The zero-order valence-electron chi connectivity index (χ0n) is 13.0. The molecule has 1 aromatic carbocycles. The minimum Gasteiger partial charge on any atom is -0.383 e. The first kappa shape index (κ1) is 16.7. The van der Waals surface area contributed by atoms with E-state index < -0.39 is 6.10 Å². The number of nitrogens with zero attached hydrogens (tertiary/aromatic N) is 1. The SMILES string of the molecule is O=C(NC1CC1)[C@@H](O)C1CCN(Cc2c(F)cccc2Cl)CC1. The van der Waals surface area contributed by atoms with E-state index in [0.29, 0.717) is 17.1 Å². The molecule has 23 heavy (non-hydrogen) atoms. The van der Waals surface area contributed by atoms with Gasteiger partial charge >= 0.3 is 0 Å². The van der Waals surface area contributed by atoms with Gasteiger partial charge in [0.05, 0.1) is 0 Å². The van der Waals surface area contributed by atoms with Crippen LogP contribution in [0.2, 0.25) is 5.02 Å². The number of piperidine rings is 1. The number of carbonyl (C=O) groups is 1. The smallest absolute Gasteiger partial charge is 0.249 e. The maximum absolute atomic E-state index is 13.8. The highest BCUT2D eigenvalue weighted by atomic mass is 35.5. The predicted octanol–water partition coefficient (Wildman–Crippen LogP) is 2.33. The monoisotopic (exact) mass is 340 g/mol. The third-order valence-electron chi connectivity index (χ3n) is 4.71. The van der Waals surface area contributed by atoms with E-state index in [2.05, 4.69) is 10.2 Å². The molecule has 1 saturated carbocycles. The standard InChI is InChI=1S/C17H22ClFN2O2/c18-14-2-1-3-15(19)13(14)10-21-8-6-11(7-9-21)16(22)17(23)20-12-4-5-12/h1-3,11-12,16,22H,4-10H2,(H,20,23)/t16-/m0/s1. The minimum absolute atomic E-state index is 0.0268. The van der Waals surface area contributed by atoms with Gasteiger partial charge < -0.3 is 10.4 Å². The van der Waals surface area contributed by atoms with Crippen molar-refractivity contribution in [3.63, 3.8) is 0 Å². The Labute approximate surface area is 140 Å². The molecule has 2 aliphatic rings. The number of hydrogen-bond acceptors (Lipinski definition) is 3. The number of hydrogen-bond donors (Lipinski definition) is 2. The molecule has 126 valence electrons. The first-order chi connectivity index (χ1) is 11.0. The van der Waals surface area contributed by atoms with E-state index in [1.165, 1.54) is 6.07 Å². The molecule has 0 spiro atoms. The third-order valence-corrected chi connectivity index (χ3v) is 5.07. The molecule has 1 aromatic rings. The molecule has 1 aliphatic carbocycles. The van der Waals surface area contributed by atoms with Crippen molar-refractivity contribution in [1.29, 1.82) is 0 Å². The number of nitrogens with one attached hydrogen (secondary N) is 1. The van der Waals surface area contributed by atoms with Crippen LogP contribution >= 0.6 is 11.6 Å². The van der Waals surface area contributed by atoms with E-state index >= 15 is 0 Å². The molecule has 0 radical (unpaired) electrons. The van der Waals surface area contributed by atoms with Crippen molar-refractivity contribution >= 4 is 17.5 Å². The number of aliphatic hydroxyl groups excluding tert-OH is 1. The summed E-state index contributed by atoms with van der Waals surface area (Å²) in [4.78, 5) is 14.0. The lowest BCUT2D eigenvalue weighted by molar-refractivity contribution is -0.133. The van der Waals surface area contributed by atoms with Crippen molar-refractivity contribution in [2.24, 2.45) is 5.92 Å². The molecule has 1 saturated heterocycles. The molecule has 2 N–H and O–H groups in total. The third kappa shape index (κ3) is 4.22. The Hall–Kier alpha value is -1.17. The lowest BCUT2D eigenvalue weighted by atomic mass is 9.90. The Balaban J connectivity index is 1.51. The summed E-state index contributed by atoms with van der Waals surface area (Å²) in [5, 5.41) is 13.5. The molecular formula is C17H22ClFN2O2. The number of benzene rings is 1. The molecular weight excluding hydrogens is 319 g/mol. The average molecular weight is 341 g/mol. The average Bonchev–Trinajstić information content (AvgIpc) is 3.35. The van der Waals surface area contributed by atoms with E-state index in [1.807, 2.05) is 0 Å². The van der Waals surface area contributed by atoms with Crippen LogP contribution in [0.5, 0.6) is 0 Å². The normalized spacial score (nSPS) is 21.2. The highest BCUT2D eigenvalue weighted by Gasteiger charge is 2.33. The fourth-order valence-corrected chi connectivity index (χ4v) is 3.28. The first-order valence-corrected chi connectivity index (χ1v) is 8.56. The number of rotatable bonds is 5. The van der Waals surface area contributed by atoms with Gasteiger partial charge in [0.1, 0.15) is 11.9 Å². The summed E-state index contributed by atoms with van der Waals surface area (Å²) in [6.45, 7) is 1.91. The highest BCUT2D eigenvalue weighted by molar-refractivity contribution is 6.31. The molecule has 0 unspecified atom stereocenters. The van der Waals surface area contributed by atoms with Gasteiger partial charge in [0, 0.05) is 23.2 Å². The van der Waals surface area contributed by atoms with Gasteiger partial charge in [-0.05, 0) is 56.8 Å². The van der Waals surface area contributed by atoms with Crippen LogP contribution in [0.4, 0.5) is 4.39 Å². The number of carbonyl (C=O) groups excluding carboxylic acids is 1. The lowest BCUT2D eigenvalue weighted by Crippen LogP contribution is -2.45. The minimum atomic E-state index is -0.935. The summed E-state index contributed by atoms with van der Waals surface area (Å²) < 4.78 is 13.8. The second-order valence-electron chi connectivity index (χ2n) is 6.54. The number of halogens is 2. The quantitative estimate of drug-likeness (QED) is 0.865. The molecule has 4 nitrogen and oxygen atoms in total. The number of aliphatic hydroxyl groups is 1. The van der Waals surface area contributed by atoms with Crippen LogP contribution in [-0.4, -0.2) is 41.1 Å². The molecule has 1 amide bonds. The van der Waals surface area contributed by atoms with Crippen LogP contribution in [0.25, 0.3) is 0 Å². The largest absolute Gasteiger partial charge is 0.383 e. The molecule has 3 rings (SSSR count). The topological polar surface area (TPSA) is 52.6 Å². The van der Waals surface area contributed by atoms with E-state index in [1.54, 1.807) is 12.1 Å². The van der Waals surface area contributed by atoms with E-state index in [4.69, 9.17) is 11.6 Å². The second-order valence-corrected chi connectivity index (χ2v) is 6.95. The van der Waals surface area contributed by atoms with Crippen molar-refractivity contribution in [3.8, 4) is 0 Å². The van der Waals surface area contributed by atoms with Gasteiger partial charge in [0.25, 0.3) is 0 Å². The Morgan fingerprint density at radius 2 is 2.04 bits per heavy atom. The van der Waals surface area contributed by atoms with Crippen LogP contribution in [0.15, 0.2) is 18.2 Å². The highest BCUT2D eigenvalue weighted by Crippen LogP contribution is 2.26. The van der Waals surface area contributed by atoms with Gasteiger partial charge in [0.15, 0.2) is 0 Å². The summed E-state index contributed by atoms with van der Waals surface area (Å²) >= 11 is 6.06. The molecule has 1 heterocycles. The zero-order chi connectivity index (χ0) is 16.4. The molecule has 1 aliphatic heterocycles. The van der Waals surface area contributed by atoms with E-state index in [9.17, 15) is 14.3 Å². The van der Waals surface area contributed by atoms with Crippen LogP contribution in [0, 0.1) is 11.7 Å². The fourth-order valence-electron chi connectivity index (χ4n) is 3.06. The van der Waals surface area contributed by atoms with Gasteiger partial charge in [-0.2, -0.15) is 0 Å². The summed E-state index contributed by atoms with van der Waals surface area (Å²) in [6.07, 6.45) is 2.55. The molecule has 6 heteroatoms. The Kier molecular flexibility index (Phi) is 5.19. The molecule has 0 aromatic heterocycles. The Morgan fingerprint density at radius 3 is 2.65 bits per heavy atom. The Morgan fingerprint density at radius 1 is 1.35 bits per heavy atom. The van der Waals surface area contributed by atoms with Crippen LogP contribution in [0.1, 0.15) is 31.2 Å². The molecule has 0 bridgehead atoms. The van der Waals surface area contributed by atoms with Gasteiger partial charge in [-0.1, -0.05) is 17.7 Å². The maximum Gasteiger partial charge on any atom is 0.249 e. The number of likely N-dealkylation sites (tertiary alicyclic amines) is 1. The van der Waals surface area contributed by atoms with Crippen molar-refractivity contribution in [3.05, 3.63) is 34.6 Å². The van der Waals surface area contributed by atoms with Crippen molar-refractivity contribution < 1.29 is 14.3 Å². The van der Waals surface area contributed by atoms with Gasteiger partial charge in [-0.25, -0.2) is 4.39 Å². The molecule has 2 fully saturated rings. The van der Waals surface area contributed by atoms with Crippen LogP contribution in [-0.2, 0) is 11.3 Å². The van der Waals surface area contributed by atoms with Crippen LogP contribution < -0.4 is 5.32 Å². The first-order valence-electron chi connectivity index (χ1n) is 8.18. The lowest BCUT2D eigenvalue weighted by Gasteiger charge is -2.34. The Bertz CT molecular complexity index is 551. The van der Waals surface area contributed by atoms with Crippen molar-refractivity contribution in [2.45, 2.75) is 44.4 Å². The maximum atomic E-state index is 13.8. The molecule has 1 atom stereocenters. The zero-order valence-corrected chi connectivity index (χ0v) is 13.7. The second kappa shape index (κ2) is 7.16. The van der Waals surface area contributed by atoms with E-state index in [-0.39, 0.29) is 23.7 Å². The predicted molar refractivity (Wildman–Crippen MR) is 86.6 cm³/mol. The summed E-state index contributed by atoms with van der Waals surface area (Å²) in [5.74, 6) is -0.562. The number of amides is 1. The van der Waals surface area contributed by atoms with Gasteiger partial charge in [0.2, 0.25) is 5.91 Å². The van der Waals surface area contributed by atoms with Gasteiger partial charge in [-0.15, -0.1) is 0 Å². The van der Waals surface area contributed by atoms with Crippen LogP contribution in [0.3, 0.4) is 0 Å². The summed E-state index contributed by atoms with van der Waals surface area (Å²) in [6, 6.07) is 4.97.